The molecular weight excluding hydrogens is 320 g/mol. The van der Waals surface area contributed by atoms with Crippen LogP contribution in [0, 0.1) is 11.8 Å². The van der Waals surface area contributed by atoms with Crippen LogP contribution in [0.2, 0.25) is 0 Å². The van der Waals surface area contributed by atoms with Crippen LogP contribution in [0.3, 0.4) is 0 Å². The van der Waals surface area contributed by atoms with Gasteiger partial charge < -0.3 is 24.9 Å². The van der Waals surface area contributed by atoms with Gasteiger partial charge in [0.1, 0.15) is 19.6 Å². The number of carbonyl (C=O) groups is 2. The zero-order valence-electron chi connectivity index (χ0n) is 14.2. The van der Waals surface area contributed by atoms with Crippen LogP contribution in [0.15, 0.2) is 36.4 Å². The molecular formula is C19H24N2O4. The van der Waals surface area contributed by atoms with Crippen LogP contribution in [0.25, 0.3) is 0 Å². The molecule has 1 amide bonds. The number of nitrogens with one attached hydrogen (secondary N) is 2. The number of rotatable bonds is 5. The third kappa shape index (κ3) is 4.67. The van der Waals surface area contributed by atoms with Crippen molar-refractivity contribution in [3.63, 3.8) is 0 Å². The second-order valence-corrected chi connectivity index (χ2v) is 6.70. The second-order valence-electron chi connectivity index (χ2n) is 6.70. The van der Waals surface area contributed by atoms with Crippen molar-refractivity contribution in [3.05, 3.63) is 42.0 Å². The Kier molecular flexibility index (Phi) is 5.83. The van der Waals surface area contributed by atoms with E-state index in [1.165, 1.54) is 10.5 Å². The van der Waals surface area contributed by atoms with Crippen molar-refractivity contribution in [3.8, 4) is 0 Å². The lowest BCUT2D eigenvalue weighted by atomic mass is 9.82. The first-order valence-corrected chi connectivity index (χ1v) is 8.80. The van der Waals surface area contributed by atoms with Crippen LogP contribution in [0.4, 0.5) is 5.69 Å². The van der Waals surface area contributed by atoms with E-state index in [-0.39, 0.29) is 5.91 Å². The SMILES string of the molecule is O=C(Nc1ccc(C[NH+]2CCOCC2)cc1)[C@H]1CC=CC[C@H]1C(=O)[O-]. The van der Waals surface area contributed by atoms with Gasteiger partial charge in [-0.25, -0.2) is 0 Å². The molecule has 2 N–H and O–H groups in total. The van der Waals surface area contributed by atoms with Crippen LogP contribution < -0.4 is 15.3 Å². The average Bonchev–Trinajstić information content (AvgIpc) is 2.64. The zero-order chi connectivity index (χ0) is 17.6. The van der Waals surface area contributed by atoms with Crippen molar-refractivity contribution < 1.29 is 24.3 Å². The van der Waals surface area contributed by atoms with Crippen LogP contribution >= 0.6 is 0 Å². The molecule has 2 atom stereocenters. The molecule has 134 valence electrons. The Morgan fingerprint density at radius 2 is 1.72 bits per heavy atom. The molecule has 0 radical (unpaired) electrons. The second kappa shape index (κ2) is 8.27. The minimum absolute atomic E-state index is 0.259. The van der Waals surface area contributed by atoms with Gasteiger partial charge in [0.05, 0.1) is 19.1 Å². The largest absolute Gasteiger partial charge is 0.550 e. The van der Waals surface area contributed by atoms with Crippen molar-refractivity contribution in [1.82, 2.24) is 0 Å². The highest BCUT2D eigenvalue weighted by molar-refractivity contribution is 5.95. The monoisotopic (exact) mass is 344 g/mol. The van der Waals surface area contributed by atoms with E-state index in [1.807, 2.05) is 30.3 Å². The number of amides is 1. The molecule has 1 aliphatic heterocycles. The van der Waals surface area contributed by atoms with E-state index in [1.54, 1.807) is 6.08 Å². The highest BCUT2D eigenvalue weighted by Gasteiger charge is 2.29. The van der Waals surface area contributed by atoms with Crippen LogP contribution in [0.1, 0.15) is 18.4 Å². The molecule has 0 spiro atoms. The Morgan fingerprint density at radius 1 is 1.08 bits per heavy atom. The molecule has 0 bridgehead atoms. The van der Waals surface area contributed by atoms with E-state index in [4.69, 9.17) is 4.74 Å². The zero-order valence-corrected chi connectivity index (χ0v) is 14.2. The molecule has 3 rings (SSSR count). The summed E-state index contributed by atoms with van der Waals surface area (Å²) in [6.07, 6.45) is 4.44. The number of carbonyl (C=O) groups excluding carboxylic acids is 2. The molecule has 6 nitrogen and oxygen atoms in total. The van der Waals surface area contributed by atoms with E-state index in [0.717, 1.165) is 32.8 Å². The quantitative estimate of drug-likeness (QED) is 0.697. The first-order valence-electron chi connectivity index (χ1n) is 8.80. The fraction of sp³-hybridized carbons (Fsp3) is 0.474. The van der Waals surface area contributed by atoms with Crippen LogP contribution in [0.5, 0.6) is 0 Å². The van der Waals surface area contributed by atoms with Crippen molar-refractivity contribution in [1.29, 1.82) is 0 Å². The number of carboxylic acids is 1. The Bertz CT molecular complexity index is 635. The summed E-state index contributed by atoms with van der Waals surface area (Å²) in [7, 11) is 0. The minimum atomic E-state index is -1.16. The molecule has 6 heteroatoms. The first-order chi connectivity index (χ1) is 12.1. The lowest BCUT2D eigenvalue weighted by Gasteiger charge is -2.28. The minimum Gasteiger partial charge on any atom is -0.550 e. The summed E-state index contributed by atoms with van der Waals surface area (Å²) in [4.78, 5) is 25.1. The van der Waals surface area contributed by atoms with E-state index < -0.39 is 17.8 Å². The Balaban J connectivity index is 1.57. The molecule has 0 unspecified atom stereocenters. The number of morpholine rings is 1. The van der Waals surface area contributed by atoms with Crippen LogP contribution in [-0.2, 0) is 20.9 Å². The number of benzene rings is 1. The number of aliphatic carboxylic acids is 1. The normalized spacial score (nSPS) is 24.0. The Hall–Kier alpha value is -2.18. The number of allylic oxidation sites excluding steroid dienone is 2. The maximum atomic E-state index is 12.4. The number of ether oxygens (including phenoxy) is 1. The van der Waals surface area contributed by atoms with Crippen molar-refractivity contribution in [2.75, 3.05) is 31.6 Å². The summed E-state index contributed by atoms with van der Waals surface area (Å²) in [5, 5.41) is 14.1. The predicted octanol–water partition coefficient (Wildman–Crippen LogP) is -0.627. The Morgan fingerprint density at radius 3 is 2.36 bits per heavy atom. The lowest BCUT2D eigenvalue weighted by Crippen LogP contribution is -3.12. The molecule has 1 fully saturated rings. The van der Waals surface area contributed by atoms with E-state index in [9.17, 15) is 14.7 Å². The highest BCUT2D eigenvalue weighted by atomic mass is 16.5. The molecule has 2 aliphatic rings. The molecule has 1 saturated heterocycles. The fourth-order valence-electron chi connectivity index (χ4n) is 3.43. The molecule has 0 saturated carbocycles. The topological polar surface area (TPSA) is 82.9 Å². The maximum absolute atomic E-state index is 12.4. The smallest absolute Gasteiger partial charge is 0.228 e. The standard InChI is InChI=1S/C19H24N2O4/c22-18(16-3-1-2-4-17(16)19(23)24)20-15-7-5-14(6-8-15)13-21-9-11-25-12-10-21/h1-2,5-8,16-17H,3-4,9-13H2,(H,20,22)(H,23,24)/t16-,17+/m0/s1. The van der Waals surface area contributed by atoms with Gasteiger partial charge in [-0.2, -0.15) is 0 Å². The highest BCUT2D eigenvalue weighted by Crippen LogP contribution is 2.26. The molecule has 1 aliphatic carbocycles. The molecule has 0 aromatic heterocycles. The van der Waals surface area contributed by atoms with Gasteiger partial charge in [-0.1, -0.05) is 24.3 Å². The third-order valence-corrected chi connectivity index (χ3v) is 4.95. The van der Waals surface area contributed by atoms with Gasteiger partial charge in [0.2, 0.25) is 5.91 Å². The fourth-order valence-corrected chi connectivity index (χ4v) is 3.43. The van der Waals surface area contributed by atoms with Crippen LogP contribution in [-0.4, -0.2) is 38.2 Å². The number of carboxylic acid groups (broad SMARTS) is 1. The van der Waals surface area contributed by atoms with Gasteiger partial charge in [-0.05, 0) is 25.0 Å². The van der Waals surface area contributed by atoms with Gasteiger partial charge in [0.15, 0.2) is 0 Å². The van der Waals surface area contributed by atoms with E-state index in [2.05, 4.69) is 5.32 Å². The lowest BCUT2D eigenvalue weighted by molar-refractivity contribution is -0.921. The maximum Gasteiger partial charge on any atom is 0.228 e. The number of anilines is 1. The third-order valence-electron chi connectivity index (χ3n) is 4.95. The first kappa shape index (κ1) is 17.6. The van der Waals surface area contributed by atoms with Gasteiger partial charge in [0, 0.05) is 23.1 Å². The number of hydrogen-bond donors (Lipinski definition) is 2. The predicted molar refractivity (Wildman–Crippen MR) is 90.7 cm³/mol. The van der Waals surface area contributed by atoms with E-state index in [0.29, 0.717) is 18.5 Å². The summed E-state index contributed by atoms with van der Waals surface area (Å²) in [6.45, 7) is 4.58. The van der Waals surface area contributed by atoms with Crippen molar-refractivity contribution in [2.45, 2.75) is 19.4 Å². The number of quaternary nitrogens is 1. The summed E-state index contributed by atoms with van der Waals surface area (Å²) in [5.74, 6) is -2.75. The number of hydrogen-bond acceptors (Lipinski definition) is 4. The van der Waals surface area contributed by atoms with Crippen molar-refractivity contribution >= 4 is 17.6 Å². The molecule has 1 aromatic rings. The van der Waals surface area contributed by atoms with E-state index >= 15 is 0 Å². The summed E-state index contributed by atoms with van der Waals surface area (Å²) in [5.41, 5.74) is 1.90. The van der Waals surface area contributed by atoms with Gasteiger partial charge in [0.25, 0.3) is 0 Å². The molecule has 1 heterocycles. The summed E-state index contributed by atoms with van der Waals surface area (Å²) >= 11 is 0. The van der Waals surface area contributed by atoms with Gasteiger partial charge in [-0.15, -0.1) is 0 Å². The Labute approximate surface area is 147 Å². The summed E-state index contributed by atoms with van der Waals surface area (Å²) < 4.78 is 5.36. The molecule has 1 aromatic carbocycles. The summed E-state index contributed by atoms with van der Waals surface area (Å²) in [6, 6.07) is 7.77. The average molecular weight is 344 g/mol. The van der Waals surface area contributed by atoms with Gasteiger partial charge >= 0.3 is 0 Å². The van der Waals surface area contributed by atoms with Gasteiger partial charge in [-0.3, -0.25) is 4.79 Å². The molecule has 25 heavy (non-hydrogen) atoms. The van der Waals surface area contributed by atoms with Crippen molar-refractivity contribution in [2.24, 2.45) is 11.8 Å².